The Hall–Kier alpha value is -2.91. The minimum atomic E-state index is -4.80. The van der Waals surface area contributed by atoms with Crippen LogP contribution in [0.15, 0.2) is 30.3 Å². The van der Waals surface area contributed by atoms with E-state index in [1.165, 1.54) is 12.1 Å². The molecule has 198 valence electrons. The van der Waals surface area contributed by atoms with Gasteiger partial charge in [-0.25, -0.2) is 0 Å². The predicted molar refractivity (Wildman–Crippen MR) is 134 cm³/mol. The smallest absolute Gasteiger partial charge is 0.481 e. The zero-order valence-corrected chi connectivity index (χ0v) is 21.8. The lowest BCUT2D eigenvalue weighted by Gasteiger charge is -2.35. The average molecular weight is 557 g/mol. The summed E-state index contributed by atoms with van der Waals surface area (Å²) in [6.45, 7) is 4.11. The van der Waals surface area contributed by atoms with Crippen molar-refractivity contribution >= 4 is 46.0 Å². The maximum atomic E-state index is 13.3. The number of piperidine rings is 1. The van der Waals surface area contributed by atoms with Gasteiger partial charge >= 0.3 is 12.3 Å². The molecular formula is C26H25Cl2F3N2O4. The summed E-state index contributed by atoms with van der Waals surface area (Å²) < 4.78 is 44.1. The summed E-state index contributed by atoms with van der Waals surface area (Å²) in [5, 5.41) is 10.7. The molecule has 6 nitrogen and oxygen atoms in total. The highest BCUT2D eigenvalue weighted by molar-refractivity contribution is 6.38. The third kappa shape index (κ3) is 5.52. The number of carbonyl (C=O) groups excluding carboxylic acids is 1. The largest absolute Gasteiger partial charge is 0.573 e. The first-order chi connectivity index (χ1) is 17.3. The van der Waals surface area contributed by atoms with Crippen molar-refractivity contribution in [2.45, 2.75) is 33.1 Å². The van der Waals surface area contributed by atoms with Crippen LogP contribution in [0.3, 0.4) is 0 Å². The molecule has 37 heavy (non-hydrogen) atoms. The van der Waals surface area contributed by atoms with Crippen LogP contribution in [0, 0.1) is 18.8 Å². The number of aromatic nitrogens is 1. The molecule has 1 aliphatic heterocycles. The fraction of sp³-hybridized carbons (Fsp3) is 0.385. The van der Waals surface area contributed by atoms with Crippen molar-refractivity contribution in [3.05, 3.63) is 62.8 Å². The molecule has 0 bridgehead atoms. The molecule has 2 aromatic carbocycles. The van der Waals surface area contributed by atoms with Gasteiger partial charge in [0.1, 0.15) is 5.75 Å². The van der Waals surface area contributed by atoms with Crippen molar-refractivity contribution in [3.8, 4) is 5.75 Å². The third-order valence-electron chi connectivity index (χ3n) is 6.96. The molecule has 0 radical (unpaired) electrons. The second-order valence-electron chi connectivity index (χ2n) is 9.44. The lowest BCUT2D eigenvalue weighted by Crippen LogP contribution is -2.45. The molecule has 0 saturated carbocycles. The van der Waals surface area contributed by atoms with Crippen molar-refractivity contribution in [2.75, 3.05) is 13.1 Å². The van der Waals surface area contributed by atoms with Crippen molar-refractivity contribution in [1.29, 1.82) is 0 Å². The van der Waals surface area contributed by atoms with Crippen LogP contribution in [-0.2, 0) is 18.3 Å². The molecule has 1 fully saturated rings. The average Bonchev–Trinajstić information content (AvgIpc) is 3.10. The van der Waals surface area contributed by atoms with Gasteiger partial charge in [-0.1, -0.05) is 30.1 Å². The van der Waals surface area contributed by atoms with Crippen molar-refractivity contribution in [1.82, 2.24) is 9.47 Å². The SMILES string of the molecule is Cc1cc(OC(F)(F)F)cc2c1cc(Cc1c(Cl)ccc(C(=O)N3CC[C@@H](C(=O)O)[C@H](C)C3)c1Cl)n2C. The lowest BCUT2D eigenvalue weighted by molar-refractivity contribution is -0.274. The van der Waals surface area contributed by atoms with Crippen molar-refractivity contribution in [3.63, 3.8) is 0 Å². The number of rotatable bonds is 5. The second kappa shape index (κ2) is 10.1. The number of alkyl halides is 3. The van der Waals surface area contributed by atoms with Crippen molar-refractivity contribution in [2.24, 2.45) is 18.9 Å². The summed E-state index contributed by atoms with van der Waals surface area (Å²) in [5.74, 6) is -2.19. The number of fused-ring (bicyclic) bond motifs is 1. The molecular weight excluding hydrogens is 532 g/mol. The van der Waals surface area contributed by atoms with E-state index in [-0.39, 0.29) is 34.6 Å². The number of carbonyl (C=O) groups is 2. The summed E-state index contributed by atoms with van der Waals surface area (Å²) in [6, 6.07) is 7.64. The Bertz CT molecular complexity index is 1390. The van der Waals surface area contributed by atoms with Gasteiger partial charge in [0.2, 0.25) is 0 Å². The van der Waals surface area contributed by atoms with E-state index >= 15 is 0 Å². The zero-order valence-electron chi connectivity index (χ0n) is 20.3. The molecule has 1 amide bonds. The first-order valence-electron chi connectivity index (χ1n) is 11.6. The van der Waals surface area contributed by atoms with Gasteiger partial charge in [0.25, 0.3) is 5.91 Å². The van der Waals surface area contributed by atoms with Crippen LogP contribution in [0.2, 0.25) is 10.0 Å². The first kappa shape index (κ1) is 27.1. The van der Waals surface area contributed by atoms with Gasteiger partial charge < -0.3 is 19.3 Å². The Morgan fingerprint density at radius 3 is 2.51 bits per heavy atom. The van der Waals surface area contributed by atoms with Gasteiger partial charge in [-0.3, -0.25) is 9.59 Å². The summed E-state index contributed by atoms with van der Waals surface area (Å²) in [4.78, 5) is 26.3. The van der Waals surface area contributed by atoms with Gasteiger partial charge in [0, 0.05) is 48.7 Å². The molecule has 0 unspecified atom stereocenters. The van der Waals surface area contributed by atoms with Crippen LogP contribution in [0.25, 0.3) is 10.9 Å². The Morgan fingerprint density at radius 2 is 1.89 bits per heavy atom. The number of likely N-dealkylation sites (tertiary alicyclic amines) is 1. The van der Waals surface area contributed by atoms with Crippen LogP contribution in [0.4, 0.5) is 13.2 Å². The van der Waals surface area contributed by atoms with E-state index in [4.69, 9.17) is 23.2 Å². The zero-order chi connectivity index (χ0) is 27.2. The van der Waals surface area contributed by atoms with E-state index < -0.39 is 18.2 Å². The van der Waals surface area contributed by atoms with E-state index in [2.05, 4.69) is 4.74 Å². The number of nitrogens with zero attached hydrogens (tertiary/aromatic N) is 2. The summed E-state index contributed by atoms with van der Waals surface area (Å²) in [7, 11) is 1.72. The fourth-order valence-corrected chi connectivity index (χ4v) is 5.55. The molecule has 3 aromatic rings. The van der Waals surface area contributed by atoms with E-state index in [0.717, 1.165) is 11.1 Å². The summed E-state index contributed by atoms with van der Waals surface area (Å²) in [5.41, 5.74) is 2.66. The molecule has 0 aliphatic carbocycles. The topological polar surface area (TPSA) is 71.8 Å². The quantitative estimate of drug-likeness (QED) is 0.391. The maximum absolute atomic E-state index is 13.3. The third-order valence-corrected chi connectivity index (χ3v) is 7.75. The highest BCUT2D eigenvalue weighted by atomic mass is 35.5. The van der Waals surface area contributed by atoms with Crippen LogP contribution in [-0.4, -0.2) is 45.9 Å². The Balaban J connectivity index is 1.64. The standard InChI is InChI=1S/C26H25Cl2F3N2O4/c1-13-8-16(37-26(29,30)31)11-22-19(13)9-15(32(22)3)10-20-21(27)5-4-18(23(20)28)24(34)33-7-6-17(25(35)36)14(2)12-33/h4-5,8-9,11,14,17H,6-7,10,12H2,1-3H3,(H,35,36)/t14-,17-/m1/s1. The normalized spacial score (nSPS) is 18.3. The molecule has 2 heterocycles. The van der Waals surface area contributed by atoms with Crippen LogP contribution < -0.4 is 4.74 Å². The number of aliphatic carboxylic acids is 1. The number of carboxylic acids is 1. The van der Waals surface area contributed by atoms with E-state index in [0.29, 0.717) is 41.2 Å². The number of ether oxygens (including phenoxy) is 1. The molecule has 11 heteroatoms. The van der Waals surface area contributed by atoms with E-state index in [9.17, 15) is 27.9 Å². The number of hydrogen-bond donors (Lipinski definition) is 1. The van der Waals surface area contributed by atoms with Crippen molar-refractivity contribution < 1.29 is 32.6 Å². The highest BCUT2D eigenvalue weighted by Gasteiger charge is 2.34. The number of benzene rings is 2. The van der Waals surface area contributed by atoms with Crippen LogP contribution >= 0.6 is 23.2 Å². The minimum absolute atomic E-state index is 0.189. The van der Waals surface area contributed by atoms with Gasteiger partial charge in [-0.05, 0) is 54.7 Å². The Labute approximate surface area is 221 Å². The molecule has 0 spiro atoms. The second-order valence-corrected chi connectivity index (χ2v) is 10.2. The molecule has 2 atom stereocenters. The monoisotopic (exact) mass is 556 g/mol. The number of amides is 1. The number of hydrogen-bond acceptors (Lipinski definition) is 3. The Kier molecular flexibility index (Phi) is 7.41. The fourth-order valence-electron chi connectivity index (χ4n) is 4.97. The number of carboxylic acid groups (broad SMARTS) is 1. The van der Waals surface area contributed by atoms with Gasteiger partial charge in [0.15, 0.2) is 0 Å². The van der Waals surface area contributed by atoms with E-state index in [1.54, 1.807) is 42.5 Å². The Morgan fingerprint density at radius 1 is 1.19 bits per heavy atom. The van der Waals surface area contributed by atoms with Crippen LogP contribution in [0.5, 0.6) is 5.75 Å². The molecule has 1 N–H and O–H groups in total. The number of aryl methyl sites for hydroxylation is 2. The molecule has 4 rings (SSSR count). The van der Waals surface area contributed by atoms with E-state index in [1.807, 2.05) is 6.07 Å². The van der Waals surface area contributed by atoms with Gasteiger partial charge in [-0.2, -0.15) is 0 Å². The minimum Gasteiger partial charge on any atom is -0.481 e. The van der Waals surface area contributed by atoms with Gasteiger partial charge in [-0.15, -0.1) is 13.2 Å². The molecule has 1 aliphatic rings. The summed E-state index contributed by atoms with van der Waals surface area (Å²) >= 11 is 13.2. The van der Waals surface area contributed by atoms with Crippen LogP contribution in [0.1, 0.15) is 40.5 Å². The van der Waals surface area contributed by atoms with Gasteiger partial charge in [0.05, 0.1) is 22.0 Å². The molecule has 1 aromatic heterocycles. The number of halogens is 5. The predicted octanol–water partition coefficient (Wildman–Crippen LogP) is 6.47. The molecule has 1 saturated heterocycles. The maximum Gasteiger partial charge on any atom is 0.573 e. The lowest BCUT2D eigenvalue weighted by atomic mass is 9.86. The summed E-state index contributed by atoms with van der Waals surface area (Å²) in [6.07, 6.45) is -4.21. The highest BCUT2D eigenvalue weighted by Crippen LogP contribution is 2.35. The first-order valence-corrected chi connectivity index (χ1v) is 12.4.